The molecule has 9 heteroatoms. The zero-order valence-electron chi connectivity index (χ0n) is 16.0. The molecule has 1 aromatic carbocycles. The van der Waals surface area contributed by atoms with Crippen LogP contribution in [-0.4, -0.2) is 65.2 Å². The van der Waals surface area contributed by atoms with Crippen LogP contribution in [-0.2, 0) is 6.54 Å². The van der Waals surface area contributed by atoms with Crippen LogP contribution in [0.4, 0.5) is 0 Å². The zero-order chi connectivity index (χ0) is 18.6. The Bertz CT molecular complexity index is 807. The Morgan fingerprint density at radius 1 is 1.32 bits per heavy atom. The van der Waals surface area contributed by atoms with Crippen molar-refractivity contribution in [2.75, 3.05) is 33.2 Å². The molecule has 3 heterocycles. The van der Waals surface area contributed by atoms with Gasteiger partial charge in [0.25, 0.3) is 0 Å². The van der Waals surface area contributed by atoms with Gasteiger partial charge in [0.1, 0.15) is 0 Å². The largest absolute Gasteiger partial charge is 0.347 e. The number of aromatic nitrogens is 2. The van der Waals surface area contributed by atoms with Gasteiger partial charge in [0.05, 0.1) is 6.54 Å². The molecule has 0 amide bonds. The van der Waals surface area contributed by atoms with Crippen molar-refractivity contribution in [1.82, 2.24) is 25.3 Å². The number of guanidine groups is 1. The average Bonchev–Trinajstić information content (AvgIpc) is 3.43. The number of rotatable bonds is 4. The number of benzene rings is 1. The highest BCUT2D eigenvalue weighted by molar-refractivity contribution is 14.0. The molecule has 0 radical (unpaired) electrons. The van der Waals surface area contributed by atoms with Crippen LogP contribution in [0.1, 0.15) is 25.2 Å². The molecule has 1 N–H and O–H groups in total. The molecule has 2 saturated heterocycles. The van der Waals surface area contributed by atoms with Crippen molar-refractivity contribution < 1.29 is 4.52 Å². The standard InChI is InChI=1S/C19H25ClN6O.HI/c1-21-19(26-10-7-16(13-26)25-8-2-3-9-25)22-12-17-23-18(24-27-17)14-5-4-6-15(20)11-14;/h4-6,11,16H,2-3,7-10,12-13H2,1H3,(H,21,22);1H. The van der Waals surface area contributed by atoms with Gasteiger partial charge < -0.3 is 14.7 Å². The fraction of sp³-hybridized carbons (Fsp3) is 0.526. The Morgan fingerprint density at radius 2 is 2.14 bits per heavy atom. The summed E-state index contributed by atoms with van der Waals surface area (Å²) in [6, 6.07) is 8.07. The van der Waals surface area contributed by atoms with E-state index in [0.29, 0.717) is 29.3 Å². The molecule has 0 saturated carbocycles. The summed E-state index contributed by atoms with van der Waals surface area (Å²) in [5, 5.41) is 8.05. The lowest BCUT2D eigenvalue weighted by atomic mass is 10.2. The minimum absolute atomic E-state index is 0. The fourth-order valence-electron chi connectivity index (χ4n) is 3.90. The summed E-state index contributed by atoms with van der Waals surface area (Å²) in [6.45, 7) is 4.97. The monoisotopic (exact) mass is 516 g/mol. The number of likely N-dealkylation sites (tertiary alicyclic amines) is 2. The van der Waals surface area contributed by atoms with Crippen LogP contribution >= 0.6 is 35.6 Å². The Morgan fingerprint density at radius 3 is 2.89 bits per heavy atom. The van der Waals surface area contributed by atoms with E-state index in [1.807, 2.05) is 31.3 Å². The highest BCUT2D eigenvalue weighted by Crippen LogP contribution is 2.21. The molecule has 2 fully saturated rings. The molecule has 1 unspecified atom stereocenters. The van der Waals surface area contributed by atoms with Crippen LogP contribution in [0.3, 0.4) is 0 Å². The second kappa shape index (κ2) is 9.89. The molecule has 2 aliphatic rings. The third kappa shape index (κ3) is 4.96. The minimum atomic E-state index is 0. The van der Waals surface area contributed by atoms with E-state index in [4.69, 9.17) is 16.1 Å². The molecule has 152 valence electrons. The van der Waals surface area contributed by atoms with E-state index in [2.05, 4.69) is 30.2 Å². The van der Waals surface area contributed by atoms with Gasteiger partial charge >= 0.3 is 0 Å². The van der Waals surface area contributed by atoms with Crippen molar-refractivity contribution in [3.05, 3.63) is 35.2 Å². The summed E-state index contributed by atoms with van der Waals surface area (Å²) in [7, 11) is 1.82. The minimum Gasteiger partial charge on any atom is -0.347 e. The summed E-state index contributed by atoms with van der Waals surface area (Å²) in [5.74, 6) is 1.96. The maximum atomic E-state index is 6.03. The van der Waals surface area contributed by atoms with Crippen molar-refractivity contribution in [2.24, 2.45) is 4.99 Å². The Kier molecular flexibility index (Phi) is 7.53. The Labute approximate surface area is 187 Å². The maximum Gasteiger partial charge on any atom is 0.246 e. The summed E-state index contributed by atoms with van der Waals surface area (Å²) >= 11 is 6.03. The van der Waals surface area contributed by atoms with Gasteiger partial charge in [0.15, 0.2) is 5.96 Å². The Hall–Kier alpha value is -1.39. The van der Waals surface area contributed by atoms with Gasteiger partial charge in [-0.25, -0.2) is 0 Å². The van der Waals surface area contributed by atoms with E-state index in [9.17, 15) is 0 Å². The SMILES string of the molecule is CN=C(NCc1nc(-c2cccc(Cl)c2)no1)N1CCC(N2CCCC2)C1.I. The molecular weight excluding hydrogens is 491 g/mol. The first-order chi connectivity index (χ1) is 13.2. The van der Waals surface area contributed by atoms with Crippen LogP contribution in [0, 0.1) is 0 Å². The van der Waals surface area contributed by atoms with Crippen LogP contribution in [0.2, 0.25) is 5.02 Å². The average molecular weight is 517 g/mol. The number of hydrogen-bond donors (Lipinski definition) is 1. The van der Waals surface area contributed by atoms with Gasteiger partial charge in [-0.05, 0) is 44.5 Å². The molecule has 28 heavy (non-hydrogen) atoms. The zero-order valence-corrected chi connectivity index (χ0v) is 19.1. The Balaban J connectivity index is 0.00000225. The van der Waals surface area contributed by atoms with E-state index < -0.39 is 0 Å². The predicted octanol–water partition coefficient (Wildman–Crippen LogP) is 3.25. The highest BCUT2D eigenvalue weighted by Gasteiger charge is 2.30. The van der Waals surface area contributed by atoms with E-state index in [1.165, 1.54) is 32.4 Å². The summed E-state index contributed by atoms with van der Waals surface area (Å²) in [6.07, 6.45) is 3.85. The molecule has 1 atom stereocenters. The molecule has 0 spiro atoms. The van der Waals surface area contributed by atoms with E-state index in [0.717, 1.165) is 24.6 Å². The van der Waals surface area contributed by atoms with E-state index in [-0.39, 0.29) is 24.0 Å². The molecule has 1 aromatic heterocycles. The molecule has 2 aliphatic heterocycles. The highest BCUT2D eigenvalue weighted by atomic mass is 127. The number of hydrogen-bond acceptors (Lipinski definition) is 5. The summed E-state index contributed by atoms with van der Waals surface area (Å²) in [4.78, 5) is 13.8. The number of aliphatic imine (C=N–C) groups is 1. The summed E-state index contributed by atoms with van der Waals surface area (Å²) < 4.78 is 5.37. The number of halogens is 2. The first kappa shape index (κ1) is 21.3. The fourth-order valence-corrected chi connectivity index (χ4v) is 4.09. The predicted molar refractivity (Wildman–Crippen MR) is 121 cm³/mol. The smallest absolute Gasteiger partial charge is 0.246 e. The second-order valence-corrected chi connectivity index (χ2v) is 7.49. The van der Waals surface area contributed by atoms with Gasteiger partial charge in [-0.2, -0.15) is 4.98 Å². The summed E-state index contributed by atoms with van der Waals surface area (Å²) in [5.41, 5.74) is 0.842. The van der Waals surface area contributed by atoms with Crippen molar-refractivity contribution in [2.45, 2.75) is 31.8 Å². The van der Waals surface area contributed by atoms with E-state index >= 15 is 0 Å². The maximum absolute atomic E-state index is 6.03. The second-order valence-electron chi connectivity index (χ2n) is 7.05. The number of nitrogens with zero attached hydrogens (tertiary/aromatic N) is 5. The van der Waals surface area contributed by atoms with Gasteiger partial charge in [-0.3, -0.25) is 9.89 Å². The molecule has 0 aliphatic carbocycles. The van der Waals surface area contributed by atoms with Gasteiger partial charge in [0.2, 0.25) is 11.7 Å². The molecule has 2 aromatic rings. The molecule has 7 nitrogen and oxygen atoms in total. The van der Waals surface area contributed by atoms with Crippen LogP contribution in [0.25, 0.3) is 11.4 Å². The van der Waals surface area contributed by atoms with E-state index in [1.54, 1.807) is 0 Å². The number of nitrogens with one attached hydrogen (secondary N) is 1. The van der Waals surface area contributed by atoms with Gasteiger partial charge in [-0.1, -0.05) is 28.9 Å². The molecule has 4 rings (SSSR count). The topological polar surface area (TPSA) is 69.8 Å². The van der Waals surface area contributed by atoms with Crippen molar-refractivity contribution in [1.29, 1.82) is 0 Å². The third-order valence-corrected chi connectivity index (χ3v) is 5.52. The van der Waals surface area contributed by atoms with Crippen LogP contribution in [0.15, 0.2) is 33.8 Å². The van der Waals surface area contributed by atoms with Gasteiger partial charge in [0, 0.05) is 36.8 Å². The van der Waals surface area contributed by atoms with Crippen molar-refractivity contribution in [3.63, 3.8) is 0 Å². The lowest BCUT2D eigenvalue weighted by Crippen LogP contribution is -2.42. The normalized spacial score (nSPS) is 20.4. The lowest BCUT2D eigenvalue weighted by Gasteiger charge is -2.25. The van der Waals surface area contributed by atoms with Crippen molar-refractivity contribution in [3.8, 4) is 11.4 Å². The quantitative estimate of drug-likeness (QED) is 0.382. The van der Waals surface area contributed by atoms with Crippen molar-refractivity contribution >= 4 is 41.5 Å². The van der Waals surface area contributed by atoms with Crippen LogP contribution in [0.5, 0.6) is 0 Å². The lowest BCUT2D eigenvalue weighted by molar-refractivity contribution is 0.249. The third-order valence-electron chi connectivity index (χ3n) is 5.28. The molecular formula is C19H26ClIN6O. The first-order valence-corrected chi connectivity index (χ1v) is 9.89. The first-order valence-electron chi connectivity index (χ1n) is 9.51. The molecule has 0 bridgehead atoms. The van der Waals surface area contributed by atoms with Gasteiger partial charge in [-0.15, -0.1) is 24.0 Å². The van der Waals surface area contributed by atoms with Crippen LogP contribution < -0.4 is 5.32 Å².